The summed E-state index contributed by atoms with van der Waals surface area (Å²) in [6, 6.07) is 95.2. The van der Waals surface area contributed by atoms with Crippen molar-refractivity contribution in [3.8, 4) is 44.5 Å². The van der Waals surface area contributed by atoms with Crippen LogP contribution >= 0.6 is 0 Å². The van der Waals surface area contributed by atoms with Crippen molar-refractivity contribution < 1.29 is 0 Å². The smallest absolute Gasteiger partial charge is 0.0618 e. The molecule has 0 heterocycles. The number of anilines is 8. The van der Waals surface area contributed by atoms with Gasteiger partial charge in [-0.1, -0.05) is 212 Å². The SMILES string of the molecule is c1ccc(Nc2cc(N(c3ccccc3)c3c(-c4ccccc4)cccc3-c3ccccc3)cc(N(c3ccccc3)c3c(-c4ccccc4)cccc3-c3ccccc3)c2)cc1. The van der Waals surface area contributed by atoms with Gasteiger partial charge in [0, 0.05) is 45.0 Å². The van der Waals surface area contributed by atoms with E-state index in [1.807, 2.05) is 0 Å². The molecule has 0 saturated carbocycles. The number of nitrogens with zero attached hydrogens (tertiary/aromatic N) is 2. The standard InChI is InChI=1S/C60H45N3/c1-8-24-45(25-9-1)55-38-22-39-56(46-26-10-2-11-27-46)59(55)62(51-34-18-6-19-35-51)53-42-50(61-49-32-16-5-17-33-49)43-54(44-53)63(52-36-20-7-21-37-52)60-57(47-28-12-3-13-29-47)40-23-41-58(60)48-30-14-4-15-31-48/h1-44,61H. The quantitative estimate of drug-likeness (QED) is 0.133. The molecule has 0 atom stereocenters. The van der Waals surface area contributed by atoms with Crippen molar-refractivity contribution in [1.29, 1.82) is 0 Å². The first-order chi connectivity index (χ1) is 31.3. The van der Waals surface area contributed by atoms with E-state index in [2.05, 4.69) is 282 Å². The van der Waals surface area contributed by atoms with Crippen molar-refractivity contribution in [2.45, 2.75) is 0 Å². The van der Waals surface area contributed by atoms with Crippen LogP contribution in [-0.2, 0) is 0 Å². The largest absolute Gasteiger partial charge is 0.355 e. The molecule has 0 radical (unpaired) electrons. The average molecular weight is 808 g/mol. The zero-order valence-electron chi connectivity index (χ0n) is 34.8. The van der Waals surface area contributed by atoms with Crippen molar-refractivity contribution in [1.82, 2.24) is 0 Å². The van der Waals surface area contributed by atoms with Gasteiger partial charge in [-0.15, -0.1) is 0 Å². The second kappa shape index (κ2) is 18.1. The Labute approximate surface area is 370 Å². The molecule has 63 heavy (non-hydrogen) atoms. The molecule has 10 aromatic carbocycles. The van der Waals surface area contributed by atoms with Gasteiger partial charge in [0.2, 0.25) is 0 Å². The fraction of sp³-hybridized carbons (Fsp3) is 0. The summed E-state index contributed by atoms with van der Waals surface area (Å²) < 4.78 is 0. The lowest BCUT2D eigenvalue weighted by Crippen LogP contribution is -2.16. The first kappa shape index (κ1) is 38.8. The van der Waals surface area contributed by atoms with Crippen LogP contribution in [0.25, 0.3) is 44.5 Å². The van der Waals surface area contributed by atoms with Crippen molar-refractivity contribution in [3.63, 3.8) is 0 Å². The lowest BCUT2D eigenvalue weighted by molar-refractivity contribution is 1.25. The molecule has 0 aliphatic heterocycles. The second-order valence-electron chi connectivity index (χ2n) is 15.4. The van der Waals surface area contributed by atoms with Crippen molar-refractivity contribution >= 4 is 45.5 Å². The molecule has 300 valence electrons. The van der Waals surface area contributed by atoms with Crippen molar-refractivity contribution in [3.05, 3.63) is 267 Å². The van der Waals surface area contributed by atoms with Crippen LogP contribution in [0.5, 0.6) is 0 Å². The van der Waals surface area contributed by atoms with Crippen molar-refractivity contribution in [2.24, 2.45) is 0 Å². The third kappa shape index (κ3) is 8.24. The van der Waals surface area contributed by atoms with Crippen LogP contribution in [0.4, 0.5) is 45.5 Å². The maximum absolute atomic E-state index is 3.83. The molecule has 0 bridgehead atoms. The topological polar surface area (TPSA) is 18.5 Å². The summed E-state index contributed by atoms with van der Waals surface area (Å²) in [6.07, 6.45) is 0. The first-order valence-electron chi connectivity index (χ1n) is 21.4. The summed E-state index contributed by atoms with van der Waals surface area (Å²) in [4.78, 5) is 4.88. The fourth-order valence-electron chi connectivity index (χ4n) is 8.55. The monoisotopic (exact) mass is 807 g/mol. The highest BCUT2D eigenvalue weighted by Gasteiger charge is 2.26. The molecule has 10 aromatic rings. The molecule has 0 fully saturated rings. The Balaban J connectivity index is 1.30. The Bertz CT molecular complexity index is 2750. The molecule has 0 aliphatic rings. The number of rotatable bonds is 12. The van der Waals surface area contributed by atoms with Gasteiger partial charge in [-0.2, -0.15) is 0 Å². The van der Waals surface area contributed by atoms with Crippen LogP contribution in [0, 0.1) is 0 Å². The molecule has 3 nitrogen and oxygen atoms in total. The van der Waals surface area contributed by atoms with Gasteiger partial charge in [-0.05, 0) is 76.9 Å². The van der Waals surface area contributed by atoms with E-state index in [4.69, 9.17) is 0 Å². The Hall–Kier alpha value is -8.40. The molecule has 0 unspecified atom stereocenters. The highest BCUT2D eigenvalue weighted by molar-refractivity contribution is 6.01. The lowest BCUT2D eigenvalue weighted by atomic mass is 9.93. The zero-order chi connectivity index (χ0) is 42.2. The van der Waals surface area contributed by atoms with E-state index in [0.717, 1.165) is 90.0 Å². The summed E-state index contributed by atoms with van der Waals surface area (Å²) >= 11 is 0. The minimum atomic E-state index is 0.951. The number of hydrogen-bond acceptors (Lipinski definition) is 3. The Morgan fingerprint density at radius 1 is 0.222 bits per heavy atom. The first-order valence-corrected chi connectivity index (χ1v) is 21.4. The minimum absolute atomic E-state index is 0.951. The molecular weight excluding hydrogens is 763 g/mol. The number of benzene rings is 10. The van der Waals surface area contributed by atoms with Crippen LogP contribution < -0.4 is 15.1 Å². The minimum Gasteiger partial charge on any atom is -0.355 e. The molecule has 1 N–H and O–H groups in total. The summed E-state index contributed by atoms with van der Waals surface area (Å²) in [5.41, 5.74) is 17.3. The maximum Gasteiger partial charge on any atom is 0.0618 e. The summed E-state index contributed by atoms with van der Waals surface area (Å²) in [7, 11) is 0. The zero-order valence-corrected chi connectivity index (χ0v) is 34.8. The normalized spacial score (nSPS) is 10.9. The van der Waals surface area contributed by atoms with Crippen LogP contribution in [-0.4, -0.2) is 0 Å². The summed E-state index contributed by atoms with van der Waals surface area (Å²) in [5, 5.41) is 3.83. The Kier molecular flexibility index (Phi) is 11.1. The third-order valence-electron chi connectivity index (χ3n) is 11.4. The highest BCUT2D eigenvalue weighted by atomic mass is 15.2. The molecule has 0 amide bonds. The molecule has 0 spiro atoms. The fourth-order valence-corrected chi connectivity index (χ4v) is 8.55. The molecule has 10 rings (SSSR count). The summed E-state index contributed by atoms with van der Waals surface area (Å²) in [5.74, 6) is 0. The van der Waals surface area contributed by atoms with Gasteiger partial charge < -0.3 is 15.1 Å². The van der Waals surface area contributed by atoms with Crippen LogP contribution in [0.1, 0.15) is 0 Å². The lowest BCUT2D eigenvalue weighted by Gasteiger charge is -2.34. The van der Waals surface area contributed by atoms with Gasteiger partial charge in [0.25, 0.3) is 0 Å². The van der Waals surface area contributed by atoms with Gasteiger partial charge >= 0.3 is 0 Å². The van der Waals surface area contributed by atoms with Gasteiger partial charge in [0.1, 0.15) is 0 Å². The summed E-state index contributed by atoms with van der Waals surface area (Å²) in [6.45, 7) is 0. The van der Waals surface area contributed by atoms with E-state index in [1.54, 1.807) is 0 Å². The predicted octanol–water partition coefficient (Wildman–Crippen LogP) is 17.0. The predicted molar refractivity (Wildman–Crippen MR) is 267 cm³/mol. The average Bonchev–Trinajstić information content (AvgIpc) is 3.36. The van der Waals surface area contributed by atoms with E-state index in [0.29, 0.717) is 0 Å². The van der Waals surface area contributed by atoms with E-state index in [-0.39, 0.29) is 0 Å². The van der Waals surface area contributed by atoms with Gasteiger partial charge in [0.15, 0.2) is 0 Å². The number of nitrogens with one attached hydrogen (secondary N) is 1. The molecule has 0 saturated heterocycles. The highest BCUT2D eigenvalue weighted by Crippen LogP contribution is 2.51. The van der Waals surface area contributed by atoms with Crippen LogP contribution in [0.15, 0.2) is 267 Å². The van der Waals surface area contributed by atoms with Crippen LogP contribution in [0.3, 0.4) is 0 Å². The molecule has 0 aromatic heterocycles. The Morgan fingerprint density at radius 3 is 0.825 bits per heavy atom. The van der Waals surface area contributed by atoms with Crippen LogP contribution in [0.2, 0.25) is 0 Å². The van der Waals surface area contributed by atoms with Gasteiger partial charge in [-0.3, -0.25) is 0 Å². The molecular formula is C60H45N3. The van der Waals surface area contributed by atoms with E-state index in [1.165, 1.54) is 0 Å². The van der Waals surface area contributed by atoms with E-state index >= 15 is 0 Å². The third-order valence-corrected chi connectivity index (χ3v) is 11.4. The maximum atomic E-state index is 3.83. The number of hydrogen-bond donors (Lipinski definition) is 1. The van der Waals surface area contributed by atoms with E-state index < -0.39 is 0 Å². The van der Waals surface area contributed by atoms with Gasteiger partial charge in [-0.25, -0.2) is 0 Å². The number of para-hydroxylation sites is 5. The Morgan fingerprint density at radius 2 is 0.508 bits per heavy atom. The molecule has 3 heteroatoms. The van der Waals surface area contributed by atoms with Crippen molar-refractivity contribution in [2.75, 3.05) is 15.1 Å². The second-order valence-corrected chi connectivity index (χ2v) is 15.4. The van der Waals surface area contributed by atoms with Gasteiger partial charge in [0.05, 0.1) is 22.7 Å². The molecule has 0 aliphatic carbocycles. The van der Waals surface area contributed by atoms with E-state index in [9.17, 15) is 0 Å².